The van der Waals surface area contributed by atoms with Crippen LogP contribution < -0.4 is 0 Å². The van der Waals surface area contributed by atoms with Gasteiger partial charge in [0.2, 0.25) is 0 Å². The Morgan fingerprint density at radius 1 is 0.579 bits per heavy atom. The van der Waals surface area contributed by atoms with Crippen LogP contribution in [-0.2, 0) is 28.5 Å². The van der Waals surface area contributed by atoms with Crippen LogP contribution in [0, 0.1) is 0 Å². The van der Waals surface area contributed by atoms with Crippen molar-refractivity contribution in [1.82, 2.24) is 0 Å². The zero-order chi connectivity index (χ0) is 41.6. The van der Waals surface area contributed by atoms with Crippen LogP contribution in [0.2, 0.25) is 0 Å². The number of carbonyl (C=O) groups excluding carboxylic acids is 2. The highest BCUT2D eigenvalue weighted by atomic mass is 16.7. The van der Waals surface area contributed by atoms with E-state index < -0.39 is 55.4 Å². The number of rotatable bonds is 35. The summed E-state index contributed by atoms with van der Waals surface area (Å²) in [6, 6.07) is 0. The number of hydrogen-bond acceptors (Lipinski definition) is 10. The Hall–Kier alpha value is -2.86. The first-order valence-corrected chi connectivity index (χ1v) is 22.0. The number of allylic oxidation sites excluding steroid dienone is 11. The fraction of sp³-hybridized carbons (Fsp3) is 0.702. The second-order valence-corrected chi connectivity index (χ2v) is 14.8. The number of ether oxygens (including phenoxy) is 4. The maximum absolute atomic E-state index is 12.7. The van der Waals surface area contributed by atoms with Crippen LogP contribution in [0.15, 0.2) is 72.9 Å². The molecular formula is C47H78O10. The van der Waals surface area contributed by atoms with Crippen molar-refractivity contribution < 1.29 is 49.0 Å². The fourth-order valence-corrected chi connectivity index (χ4v) is 6.14. The second-order valence-electron chi connectivity index (χ2n) is 14.8. The Bertz CT molecular complexity index is 1160. The molecule has 10 nitrogen and oxygen atoms in total. The molecular weight excluding hydrogens is 725 g/mol. The maximum Gasteiger partial charge on any atom is 0.310 e. The Balaban J connectivity index is 2.40. The zero-order valence-electron chi connectivity index (χ0n) is 35.3. The van der Waals surface area contributed by atoms with Crippen LogP contribution in [-0.4, -0.2) is 89.0 Å². The van der Waals surface area contributed by atoms with Gasteiger partial charge in [-0.25, -0.2) is 0 Å². The normalized spacial score (nSPS) is 21.0. The van der Waals surface area contributed by atoms with Gasteiger partial charge in [0.1, 0.15) is 31.0 Å². The summed E-state index contributed by atoms with van der Waals surface area (Å²) in [6.07, 6.45) is 39.3. The number of carbonyl (C=O) groups is 2. The molecule has 6 unspecified atom stereocenters. The largest absolute Gasteiger partial charge is 0.462 e. The standard InChI is InChI=1S/C47H78O10/c1-3-5-7-9-11-13-15-17-19-20-22-23-25-27-29-31-33-35-42(49)54-38-40(39-55-47-46(53)45(52)44(51)41(37-48)57-47)56-43(50)36-34-32-30-28-26-24-21-18-16-14-12-10-8-6-4-2/h6,8,12,14,17-19,21,26,28,32,34,40-41,44-48,51-53H,3-5,7,9-11,13,15-16,20,22-25,27,29-31,33,35-39H2,1-2H3/b8-6-,14-12-,19-17-,21-18-,28-26-,34-32-. The highest BCUT2D eigenvalue weighted by Crippen LogP contribution is 2.22. The number of aliphatic hydroxyl groups excluding tert-OH is 4. The second kappa shape index (κ2) is 37.4. The summed E-state index contributed by atoms with van der Waals surface area (Å²) in [6.45, 7) is 3.19. The average Bonchev–Trinajstić information content (AvgIpc) is 3.21. The molecule has 0 aromatic rings. The quantitative estimate of drug-likeness (QED) is 0.0277. The summed E-state index contributed by atoms with van der Waals surface area (Å²) in [5.74, 6) is -0.964. The summed E-state index contributed by atoms with van der Waals surface area (Å²) in [5.41, 5.74) is 0. The van der Waals surface area contributed by atoms with Gasteiger partial charge in [-0.2, -0.15) is 0 Å². The minimum Gasteiger partial charge on any atom is -0.462 e. The van der Waals surface area contributed by atoms with Gasteiger partial charge in [-0.1, -0.05) is 151 Å². The van der Waals surface area contributed by atoms with Gasteiger partial charge in [0.25, 0.3) is 0 Å². The molecule has 0 radical (unpaired) electrons. The van der Waals surface area contributed by atoms with Gasteiger partial charge in [0.15, 0.2) is 12.4 Å². The molecule has 1 fully saturated rings. The zero-order valence-corrected chi connectivity index (χ0v) is 35.3. The third-order valence-electron chi connectivity index (χ3n) is 9.61. The number of hydrogen-bond donors (Lipinski definition) is 4. The van der Waals surface area contributed by atoms with Crippen LogP contribution in [0.5, 0.6) is 0 Å². The van der Waals surface area contributed by atoms with Gasteiger partial charge in [0.05, 0.1) is 19.6 Å². The first kappa shape index (κ1) is 52.2. The molecule has 0 saturated carbocycles. The van der Waals surface area contributed by atoms with Crippen LogP contribution in [0.25, 0.3) is 0 Å². The minimum absolute atomic E-state index is 0.00598. The van der Waals surface area contributed by atoms with E-state index in [2.05, 4.69) is 68.5 Å². The lowest BCUT2D eigenvalue weighted by molar-refractivity contribution is -0.305. The molecule has 1 heterocycles. The van der Waals surface area contributed by atoms with E-state index in [1.807, 2.05) is 12.2 Å². The lowest BCUT2D eigenvalue weighted by Crippen LogP contribution is -2.59. The lowest BCUT2D eigenvalue weighted by atomic mass is 9.99. The van der Waals surface area contributed by atoms with Crippen LogP contribution in [0.3, 0.4) is 0 Å². The van der Waals surface area contributed by atoms with E-state index in [0.717, 1.165) is 51.4 Å². The van der Waals surface area contributed by atoms with Crippen LogP contribution >= 0.6 is 0 Å². The molecule has 0 amide bonds. The monoisotopic (exact) mass is 803 g/mol. The van der Waals surface area contributed by atoms with Crippen molar-refractivity contribution in [3.8, 4) is 0 Å². The van der Waals surface area contributed by atoms with Gasteiger partial charge in [-0.3, -0.25) is 9.59 Å². The number of esters is 2. The van der Waals surface area contributed by atoms with E-state index >= 15 is 0 Å². The Morgan fingerprint density at radius 3 is 1.63 bits per heavy atom. The van der Waals surface area contributed by atoms with Crippen LogP contribution in [0.1, 0.15) is 155 Å². The first-order chi connectivity index (χ1) is 27.8. The van der Waals surface area contributed by atoms with Crippen molar-refractivity contribution in [3.05, 3.63) is 72.9 Å². The summed E-state index contributed by atoms with van der Waals surface area (Å²) in [5, 5.41) is 40.0. The highest BCUT2D eigenvalue weighted by Gasteiger charge is 2.44. The topological polar surface area (TPSA) is 152 Å². The van der Waals surface area contributed by atoms with Crippen molar-refractivity contribution in [3.63, 3.8) is 0 Å². The SMILES string of the molecule is CC/C=C\C/C=C\C/C=C\C/C=C\C/C=C\CC(=O)OC(COC(=O)CCCCCCCCC/C=C\CCCCCCCC)COC1OC(CO)C(O)C(O)C1O. The molecule has 1 aliphatic rings. The predicted octanol–water partition coefficient (Wildman–Crippen LogP) is 9.22. The summed E-state index contributed by atoms with van der Waals surface area (Å²) < 4.78 is 22.0. The van der Waals surface area contributed by atoms with E-state index in [9.17, 15) is 30.0 Å². The van der Waals surface area contributed by atoms with Gasteiger partial charge in [-0.15, -0.1) is 0 Å². The smallest absolute Gasteiger partial charge is 0.310 e. The molecule has 1 saturated heterocycles. The highest BCUT2D eigenvalue weighted by molar-refractivity contribution is 5.71. The molecule has 6 atom stereocenters. The van der Waals surface area contributed by atoms with Gasteiger partial charge in [-0.05, 0) is 64.2 Å². The molecule has 326 valence electrons. The molecule has 4 N–H and O–H groups in total. The van der Waals surface area contributed by atoms with Crippen LogP contribution in [0.4, 0.5) is 0 Å². The van der Waals surface area contributed by atoms with E-state index in [1.165, 1.54) is 64.2 Å². The molecule has 57 heavy (non-hydrogen) atoms. The molecule has 0 aliphatic carbocycles. The van der Waals surface area contributed by atoms with Gasteiger partial charge in [0, 0.05) is 6.42 Å². The Labute approximate surface area is 344 Å². The van der Waals surface area contributed by atoms with Crippen molar-refractivity contribution >= 4 is 11.9 Å². The first-order valence-electron chi connectivity index (χ1n) is 22.0. The molecule has 10 heteroatoms. The molecule has 0 spiro atoms. The summed E-state index contributed by atoms with van der Waals surface area (Å²) >= 11 is 0. The summed E-state index contributed by atoms with van der Waals surface area (Å²) in [4.78, 5) is 25.2. The van der Waals surface area contributed by atoms with E-state index in [0.29, 0.717) is 12.8 Å². The predicted molar refractivity (Wildman–Crippen MR) is 228 cm³/mol. The molecule has 0 aromatic heterocycles. The van der Waals surface area contributed by atoms with E-state index in [4.69, 9.17) is 18.9 Å². The maximum atomic E-state index is 12.7. The van der Waals surface area contributed by atoms with E-state index in [1.54, 1.807) is 6.08 Å². The molecule has 1 aliphatic heterocycles. The van der Waals surface area contributed by atoms with E-state index in [-0.39, 0.29) is 26.1 Å². The average molecular weight is 803 g/mol. The van der Waals surface area contributed by atoms with Gasteiger partial charge >= 0.3 is 11.9 Å². The minimum atomic E-state index is -1.61. The summed E-state index contributed by atoms with van der Waals surface area (Å²) in [7, 11) is 0. The number of unbranched alkanes of at least 4 members (excludes halogenated alkanes) is 13. The van der Waals surface area contributed by atoms with Crippen molar-refractivity contribution in [1.29, 1.82) is 0 Å². The lowest BCUT2D eigenvalue weighted by Gasteiger charge is -2.39. The Morgan fingerprint density at radius 2 is 1.09 bits per heavy atom. The van der Waals surface area contributed by atoms with Crippen molar-refractivity contribution in [2.45, 2.75) is 192 Å². The third kappa shape index (κ3) is 29.1. The van der Waals surface area contributed by atoms with Gasteiger partial charge < -0.3 is 39.4 Å². The van der Waals surface area contributed by atoms with Crippen molar-refractivity contribution in [2.75, 3.05) is 19.8 Å². The molecule has 0 aromatic carbocycles. The number of aliphatic hydroxyl groups is 4. The third-order valence-corrected chi connectivity index (χ3v) is 9.61. The fourth-order valence-electron chi connectivity index (χ4n) is 6.14. The van der Waals surface area contributed by atoms with Crippen molar-refractivity contribution in [2.24, 2.45) is 0 Å². The Kier molecular flexibility index (Phi) is 34.2. The molecule has 1 rings (SSSR count). The molecule has 0 bridgehead atoms.